The molecule has 2 rings (SSSR count). The van der Waals surface area contributed by atoms with Crippen LogP contribution < -0.4 is 0 Å². The highest BCUT2D eigenvalue weighted by Gasteiger charge is 2.27. The van der Waals surface area contributed by atoms with E-state index in [0.717, 1.165) is 12.4 Å². The minimum atomic E-state index is 0.178. The molecule has 0 amide bonds. The lowest BCUT2D eigenvalue weighted by atomic mass is 10.4. The van der Waals surface area contributed by atoms with Gasteiger partial charge in [0.2, 0.25) is 0 Å². The number of rotatable bonds is 1. The van der Waals surface area contributed by atoms with Gasteiger partial charge in [-0.05, 0) is 23.7 Å². The van der Waals surface area contributed by atoms with E-state index < -0.39 is 0 Å². The quantitative estimate of drug-likeness (QED) is 0.564. The minimum absolute atomic E-state index is 0.178. The molecule has 1 fully saturated rings. The molecule has 9 heavy (non-hydrogen) atoms. The zero-order chi connectivity index (χ0) is 6.27. The normalized spacial score (nSPS) is 24.3. The van der Waals surface area contributed by atoms with E-state index >= 15 is 0 Å². The molecular formula is C6H5ClO2. The average Bonchev–Trinajstić information content (AvgIpc) is 2.58. The van der Waals surface area contributed by atoms with Crippen LogP contribution in [-0.4, -0.2) is 6.61 Å². The van der Waals surface area contributed by atoms with Crippen LogP contribution in [0.2, 0.25) is 5.22 Å². The van der Waals surface area contributed by atoms with E-state index in [1.807, 2.05) is 6.07 Å². The number of halogens is 1. The number of furan rings is 1. The van der Waals surface area contributed by atoms with Crippen molar-refractivity contribution in [1.29, 1.82) is 0 Å². The Morgan fingerprint density at radius 1 is 1.56 bits per heavy atom. The van der Waals surface area contributed by atoms with Gasteiger partial charge >= 0.3 is 0 Å². The van der Waals surface area contributed by atoms with Crippen molar-refractivity contribution in [2.45, 2.75) is 6.10 Å². The summed E-state index contributed by atoms with van der Waals surface area (Å²) in [5.74, 6) is 0.833. The van der Waals surface area contributed by atoms with Crippen LogP contribution in [0.3, 0.4) is 0 Å². The number of hydrogen-bond donors (Lipinski definition) is 0. The molecule has 0 saturated carbocycles. The van der Waals surface area contributed by atoms with Gasteiger partial charge in [-0.15, -0.1) is 0 Å². The lowest BCUT2D eigenvalue weighted by Crippen LogP contribution is -1.69. The fourth-order valence-electron chi connectivity index (χ4n) is 0.714. The van der Waals surface area contributed by atoms with Gasteiger partial charge in [-0.2, -0.15) is 0 Å². The molecule has 0 radical (unpaired) electrons. The smallest absolute Gasteiger partial charge is 0.193 e. The molecule has 0 N–H and O–H groups in total. The average molecular weight is 145 g/mol. The Bertz CT molecular complexity index is 215. The summed E-state index contributed by atoms with van der Waals surface area (Å²) in [5.41, 5.74) is 0. The first-order valence-electron chi connectivity index (χ1n) is 2.73. The molecule has 2 heterocycles. The molecule has 1 aliphatic heterocycles. The maximum atomic E-state index is 5.51. The minimum Gasteiger partial charge on any atom is -0.447 e. The third kappa shape index (κ3) is 0.955. The zero-order valence-corrected chi connectivity index (χ0v) is 5.39. The van der Waals surface area contributed by atoms with Crippen LogP contribution in [0, 0.1) is 0 Å². The first-order chi connectivity index (χ1) is 4.36. The molecule has 1 aromatic heterocycles. The monoisotopic (exact) mass is 144 g/mol. The van der Waals surface area contributed by atoms with Gasteiger partial charge in [-0.3, -0.25) is 0 Å². The second-order valence-corrected chi connectivity index (χ2v) is 2.34. The topological polar surface area (TPSA) is 25.7 Å². The van der Waals surface area contributed by atoms with Crippen LogP contribution in [0.1, 0.15) is 11.9 Å². The van der Waals surface area contributed by atoms with Crippen LogP contribution in [0.15, 0.2) is 16.5 Å². The number of hydrogen-bond acceptors (Lipinski definition) is 2. The molecule has 48 valence electrons. The highest BCUT2D eigenvalue weighted by molar-refractivity contribution is 6.28. The van der Waals surface area contributed by atoms with Gasteiger partial charge in [0.25, 0.3) is 0 Å². The molecule has 1 aromatic rings. The van der Waals surface area contributed by atoms with Gasteiger partial charge in [-0.1, -0.05) is 0 Å². The molecule has 0 spiro atoms. The summed E-state index contributed by atoms with van der Waals surface area (Å²) in [6.07, 6.45) is 0.178. The van der Waals surface area contributed by atoms with Crippen molar-refractivity contribution in [2.75, 3.05) is 6.61 Å². The Balaban J connectivity index is 2.28. The maximum Gasteiger partial charge on any atom is 0.193 e. The molecule has 0 aliphatic carbocycles. The van der Waals surface area contributed by atoms with Crippen LogP contribution in [0.4, 0.5) is 0 Å². The Morgan fingerprint density at radius 3 is 2.78 bits per heavy atom. The van der Waals surface area contributed by atoms with Gasteiger partial charge in [0.1, 0.15) is 11.9 Å². The van der Waals surface area contributed by atoms with E-state index in [1.54, 1.807) is 6.07 Å². The third-order valence-electron chi connectivity index (χ3n) is 1.24. The largest absolute Gasteiger partial charge is 0.447 e. The molecule has 1 saturated heterocycles. The van der Waals surface area contributed by atoms with Crippen molar-refractivity contribution >= 4 is 11.6 Å². The van der Waals surface area contributed by atoms with Crippen molar-refractivity contribution < 1.29 is 9.15 Å². The van der Waals surface area contributed by atoms with Crippen molar-refractivity contribution in [2.24, 2.45) is 0 Å². The summed E-state index contributed by atoms with van der Waals surface area (Å²) < 4.78 is 10.0. The fourth-order valence-corrected chi connectivity index (χ4v) is 0.866. The number of epoxide rings is 1. The Morgan fingerprint density at radius 2 is 2.33 bits per heavy atom. The first kappa shape index (κ1) is 5.33. The Labute approximate surface area is 57.4 Å². The molecule has 0 unspecified atom stereocenters. The van der Waals surface area contributed by atoms with Crippen molar-refractivity contribution in [1.82, 2.24) is 0 Å². The van der Waals surface area contributed by atoms with Gasteiger partial charge in [0.05, 0.1) is 6.61 Å². The van der Waals surface area contributed by atoms with E-state index in [2.05, 4.69) is 0 Å². The van der Waals surface area contributed by atoms with Crippen LogP contribution in [0.5, 0.6) is 0 Å². The van der Waals surface area contributed by atoms with E-state index in [9.17, 15) is 0 Å². The molecule has 0 aromatic carbocycles. The van der Waals surface area contributed by atoms with Crippen LogP contribution in [-0.2, 0) is 4.74 Å². The highest BCUT2D eigenvalue weighted by atomic mass is 35.5. The summed E-state index contributed by atoms with van der Waals surface area (Å²) in [6.45, 7) is 0.768. The molecule has 1 aliphatic rings. The summed E-state index contributed by atoms with van der Waals surface area (Å²) in [7, 11) is 0. The second kappa shape index (κ2) is 1.75. The van der Waals surface area contributed by atoms with E-state index in [1.165, 1.54) is 0 Å². The first-order valence-corrected chi connectivity index (χ1v) is 3.11. The van der Waals surface area contributed by atoms with Crippen molar-refractivity contribution in [3.8, 4) is 0 Å². The van der Waals surface area contributed by atoms with Gasteiger partial charge < -0.3 is 9.15 Å². The molecule has 2 nitrogen and oxygen atoms in total. The van der Waals surface area contributed by atoms with Gasteiger partial charge in [0, 0.05) is 0 Å². The fraction of sp³-hybridized carbons (Fsp3) is 0.333. The van der Waals surface area contributed by atoms with E-state index in [0.29, 0.717) is 5.22 Å². The molecular weight excluding hydrogens is 140 g/mol. The molecule has 1 atom stereocenters. The Hall–Kier alpha value is -0.470. The third-order valence-corrected chi connectivity index (χ3v) is 1.45. The predicted molar refractivity (Wildman–Crippen MR) is 32.4 cm³/mol. The highest BCUT2D eigenvalue weighted by Crippen LogP contribution is 2.31. The van der Waals surface area contributed by atoms with Crippen LogP contribution in [0.25, 0.3) is 0 Å². The zero-order valence-electron chi connectivity index (χ0n) is 4.63. The predicted octanol–water partition coefficient (Wildman–Crippen LogP) is 2.00. The standard InChI is InChI=1S/C6H5ClO2/c7-6-2-1-4(9-6)5-3-8-5/h1-2,5H,3H2/t5-/m0/s1. The SMILES string of the molecule is Clc1ccc([C@@H]2CO2)o1. The molecule has 0 bridgehead atoms. The van der Waals surface area contributed by atoms with Crippen molar-refractivity contribution in [3.05, 3.63) is 23.1 Å². The summed E-state index contributed by atoms with van der Waals surface area (Å²) in [6, 6.07) is 3.55. The van der Waals surface area contributed by atoms with Crippen LogP contribution >= 0.6 is 11.6 Å². The number of ether oxygens (including phenoxy) is 1. The lowest BCUT2D eigenvalue weighted by Gasteiger charge is -1.81. The van der Waals surface area contributed by atoms with E-state index in [-0.39, 0.29) is 6.10 Å². The second-order valence-electron chi connectivity index (χ2n) is 1.96. The Kier molecular flexibility index (Phi) is 1.04. The van der Waals surface area contributed by atoms with Gasteiger partial charge in [-0.25, -0.2) is 0 Å². The lowest BCUT2D eigenvalue weighted by molar-refractivity contribution is 0.371. The van der Waals surface area contributed by atoms with Crippen molar-refractivity contribution in [3.63, 3.8) is 0 Å². The van der Waals surface area contributed by atoms with Gasteiger partial charge in [0.15, 0.2) is 5.22 Å². The van der Waals surface area contributed by atoms with E-state index in [4.69, 9.17) is 20.8 Å². The summed E-state index contributed by atoms with van der Waals surface area (Å²) in [4.78, 5) is 0. The molecule has 3 heteroatoms. The summed E-state index contributed by atoms with van der Waals surface area (Å²) in [5, 5.41) is 0.431. The maximum absolute atomic E-state index is 5.51. The summed E-state index contributed by atoms with van der Waals surface area (Å²) >= 11 is 5.51.